The van der Waals surface area contributed by atoms with Crippen LogP contribution in [0.5, 0.6) is 23.0 Å². The highest BCUT2D eigenvalue weighted by Crippen LogP contribution is 2.53. The van der Waals surface area contributed by atoms with Crippen LogP contribution in [0, 0.1) is 19.3 Å². The zero-order valence-electron chi connectivity index (χ0n) is 24.8. The van der Waals surface area contributed by atoms with Crippen molar-refractivity contribution in [2.24, 2.45) is 0 Å². The molecule has 0 saturated carbocycles. The highest BCUT2D eigenvalue weighted by atomic mass is 28.4. The summed E-state index contributed by atoms with van der Waals surface area (Å²) in [6.45, 7) is 13.5. The monoisotopic (exact) mass is 520 g/mol. The lowest BCUT2D eigenvalue weighted by atomic mass is 9.95. The van der Waals surface area contributed by atoms with Crippen molar-refractivity contribution in [1.29, 1.82) is 0 Å². The molecule has 0 fully saturated rings. The SMILES string of the molecule is C#CCCCCCCCCCCC(O[Si](C)(C)C(C)(C)C)c1c(C)c(OC)c(OC)c(OC)c1OC. The number of benzene rings is 1. The van der Waals surface area contributed by atoms with E-state index < -0.39 is 8.32 Å². The number of unbranched alkanes of at least 4 members (excludes halogenated alkanes) is 8. The molecule has 1 atom stereocenters. The van der Waals surface area contributed by atoms with E-state index in [4.69, 9.17) is 29.8 Å². The van der Waals surface area contributed by atoms with Gasteiger partial charge in [-0.15, -0.1) is 12.3 Å². The Labute approximate surface area is 222 Å². The van der Waals surface area contributed by atoms with E-state index in [-0.39, 0.29) is 11.1 Å². The Morgan fingerprint density at radius 1 is 0.722 bits per heavy atom. The molecule has 36 heavy (non-hydrogen) atoms. The topological polar surface area (TPSA) is 46.2 Å². The van der Waals surface area contributed by atoms with E-state index in [0.29, 0.717) is 23.0 Å². The summed E-state index contributed by atoms with van der Waals surface area (Å²) in [7, 11) is 4.53. The van der Waals surface area contributed by atoms with Gasteiger partial charge in [0.1, 0.15) is 0 Å². The van der Waals surface area contributed by atoms with Crippen LogP contribution >= 0.6 is 0 Å². The van der Waals surface area contributed by atoms with Gasteiger partial charge in [0.2, 0.25) is 11.5 Å². The van der Waals surface area contributed by atoms with Gasteiger partial charge < -0.3 is 23.4 Å². The van der Waals surface area contributed by atoms with E-state index in [1.165, 1.54) is 38.5 Å². The van der Waals surface area contributed by atoms with Gasteiger partial charge in [0.15, 0.2) is 19.8 Å². The van der Waals surface area contributed by atoms with Gasteiger partial charge in [0.05, 0.1) is 34.5 Å². The van der Waals surface area contributed by atoms with Gasteiger partial charge in [-0.2, -0.15) is 0 Å². The average Bonchev–Trinajstić information content (AvgIpc) is 2.82. The molecule has 0 heterocycles. The first-order valence-electron chi connectivity index (χ1n) is 13.5. The Bertz CT molecular complexity index is 835. The zero-order chi connectivity index (χ0) is 27.4. The third-order valence-electron chi connectivity index (χ3n) is 7.53. The van der Waals surface area contributed by atoms with Gasteiger partial charge in [0, 0.05) is 17.5 Å². The fourth-order valence-corrected chi connectivity index (χ4v) is 5.71. The molecule has 1 aromatic carbocycles. The van der Waals surface area contributed by atoms with E-state index in [0.717, 1.165) is 36.8 Å². The van der Waals surface area contributed by atoms with Crippen molar-refractivity contribution in [3.8, 4) is 35.3 Å². The van der Waals surface area contributed by atoms with Crippen molar-refractivity contribution in [2.45, 2.75) is 116 Å². The molecule has 0 radical (unpaired) electrons. The number of hydrogen-bond acceptors (Lipinski definition) is 5. The van der Waals surface area contributed by atoms with Crippen molar-refractivity contribution >= 4 is 8.32 Å². The van der Waals surface area contributed by atoms with Crippen LogP contribution in [-0.2, 0) is 4.43 Å². The molecule has 206 valence electrons. The second kappa shape index (κ2) is 15.4. The van der Waals surface area contributed by atoms with E-state index in [9.17, 15) is 0 Å². The van der Waals surface area contributed by atoms with Gasteiger partial charge in [-0.25, -0.2) is 0 Å². The summed E-state index contributed by atoms with van der Waals surface area (Å²) in [5, 5.41) is 0.0897. The smallest absolute Gasteiger partial charge is 0.207 e. The standard InChI is InChI=1S/C30H52O5Si/c1-12-13-14-15-16-17-18-19-20-21-22-24(35-36(10,11)30(3,4)5)25-23(2)26(31-6)28(33-8)29(34-9)27(25)32-7/h1,24H,13-22H2,2-11H3. The highest BCUT2D eigenvalue weighted by Gasteiger charge is 2.41. The molecule has 1 unspecified atom stereocenters. The van der Waals surface area contributed by atoms with Crippen LogP contribution in [0.3, 0.4) is 0 Å². The number of hydrogen-bond donors (Lipinski definition) is 0. The quantitative estimate of drug-likeness (QED) is 0.117. The lowest BCUT2D eigenvalue weighted by Crippen LogP contribution is -2.42. The maximum Gasteiger partial charge on any atom is 0.207 e. The molecule has 0 aliphatic rings. The van der Waals surface area contributed by atoms with Crippen LogP contribution in [0.1, 0.15) is 102 Å². The fraction of sp³-hybridized carbons (Fsp3) is 0.733. The Kier molecular flexibility index (Phi) is 13.8. The first-order valence-corrected chi connectivity index (χ1v) is 16.4. The van der Waals surface area contributed by atoms with Crippen LogP contribution in [0.25, 0.3) is 0 Å². The summed E-state index contributed by atoms with van der Waals surface area (Å²) >= 11 is 0. The maximum absolute atomic E-state index is 7.06. The Hall–Kier alpha value is -1.84. The second-order valence-corrected chi connectivity index (χ2v) is 15.9. The van der Waals surface area contributed by atoms with Gasteiger partial charge in [-0.3, -0.25) is 0 Å². The lowest BCUT2D eigenvalue weighted by molar-refractivity contribution is 0.163. The zero-order valence-corrected chi connectivity index (χ0v) is 25.8. The predicted octanol–water partition coefficient (Wildman–Crippen LogP) is 8.63. The molecule has 0 spiro atoms. The summed E-state index contributed by atoms with van der Waals surface area (Å²) < 4.78 is 30.2. The van der Waals surface area contributed by atoms with Gasteiger partial charge in [-0.1, -0.05) is 65.7 Å². The number of rotatable bonds is 17. The number of terminal acetylenes is 1. The van der Waals surface area contributed by atoms with Crippen LogP contribution in [0.15, 0.2) is 0 Å². The number of ether oxygens (including phenoxy) is 4. The Balaban J connectivity index is 3.17. The molecular formula is C30H52O5Si. The predicted molar refractivity (Wildman–Crippen MR) is 153 cm³/mol. The van der Waals surface area contributed by atoms with Crippen LogP contribution in [0.2, 0.25) is 18.1 Å². The highest BCUT2D eigenvalue weighted by molar-refractivity contribution is 6.74. The molecule has 5 nitrogen and oxygen atoms in total. The summed E-state index contributed by atoms with van der Waals surface area (Å²) in [5.41, 5.74) is 1.98. The van der Waals surface area contributed by atoms with E-state index in [1.807, 2.05) is 0 Å². The van der Waals surface area contributed by atoms with Crippen molar-refractivity contribution in [3.63, 3.8) is 0 Å². The second-order valence-electron chi connectivity index (χ2n) is 11.1. The molecule has 0 N–H and O–H groups in total. The summed E-state index contributed by atoms with van der Waals surface area (Å²) in [5.74, 6) is 5.16. The average molecular weight is 521 g/mol. The molecule has 0 saturated heterocycles. The van der Waals surface area contributed by atoms with Crippen molar-refractivity contribution in [2.75, 3.05) is 28.4 Å². The molecule has 0 bridgehead atoms. The minimum atomic E-state index is -2.07. The summed E-state index contributed by atoms with van der Waals surface area (Å²) in [4.78, 5) is 0. The van der Waals surface area contributed by atoms with Crippen LogP contribution in [-0.4, -0.2) is 36.8 Å². The summed E-state index contributed by atoms with van der Waals surface area (Å²) in [6.07, 6.45) is 16.8. The van der Waals surface area contributed by atoms with Crippen LogP contribution < -0.4 is 18.9 Å². The fourth-order valence-electron chi connectivity index (χ4n) is 4.41. The third-order valence-corrected chi connectivity index (χ3v) is 12.0. The number of methoxy groups -OCH3 is 4. The van der Waals surface area contributed by atoms with E-state index in [2.05, 4.69) is 46.7 Å². The Morgan fingerprint density at radius 2 is 1.17 bits per heavy atom. The molecule has 0 amide bonds. The normalized spacial score (nSPS) is 12.7. The first-order chi connectivity index (χ1) is 17.0. The molecule has 0 aliphatic carbocycles. The van der Waals surface area contributed by atoms with E-state index in [1.54, 1.807) is 28.4 Å². The van der Waals surface area contributed by atoms with Crippen LogP contribution in [0.4, 0.5) is 0 Å². The minimum Gasteiger partial charge on any atom is -0.492 e. The molecule has 1 rings (SSSR count). The molecule has 0 aromatic heterocycles. The van der Waals surface area contributed by atoms with Crippen molar-refractivity contribution < 1.29 is 23.4 Å². The first kappa shape index (κ1) is 32.2. The summed E-state index contributed by atoms with van der Waals surface area (Å²) in [6, 6.07) is 0. The maximum atomic E-state index is 7.06. The molecule has 6 heteroatoms. The minimum absolute atomic E-state index is 0.0897. The third kappa shape index (κ3) is 8.63. The largest absolute Gasteiger partial charge is 0.492 e. The Morgan fingerprint density at radius 3 is 1.61 bits per heavy atom. The van der Waals surface area contributed by atoms with Gasteiger partial charge in [-0.05, 0) is 37.9 Å². The molecule has 1 aromatic rings. The van der Waals surface area contributed by atoms with Crippen molar-refractivity contribution in [1.82, 2.24) is 0 Å². The van der Waals surface area contributed by atoms with Gasteiger partial charge >= 0.3 is 0 Å². The van der Waals surface area contributed by atoms with Crippen molar-refractivity contribution in [3.05, 3.63) is 11.1 Å². The van der Waals surface area contributed by atoms with E-state index >= 15 is 0 Å². The molecule has 0 aliphatic heterocycles. The van der Waals surface area contributed by atoms with Gasteiger partial charge in [0.25, 0.3) is 0 Å². The molecular weight excluding hydrogens is 468 g/mol. The lowest BCUT2D eigenvalue weighted by Gasteiger charge is -2.40.